The first-order valence-corrected chi connectivity index (χ1v) is 13.5. The molecule has 0 bridgehead atoms. The van der Waals surface area contributed by atoms with Crippen LogP contribution in [0.1, 0.15) is 29.9 Å². The second-order valence-electron chi connectivity index (χ2n) is 9.72. The minimum Gasteiger partial charge on any atom is -0.497 e. The van der Waals surface area contributed by atoms with Gasteiger partial charge in [0.2, 0.25) is 5.91 Å². The van der Waals surface area contributed by atoms with Crippen molar-refractivity contribution in [1.82, 2.24) is 5.32 Å². The first-order chi connectivity index (χ1) is 20.4. The fourth-order valence-corrected chi connectivity index (χ4v) is 4.99. The van der Waals surface area contributed by atoms with Gasteiger partial charge < -0.3 is 30.0 Å². The van der Waals surface area contributed by atoms with Crippen molar-refractivity contribution in [3.8, 4) is 28.4 Å². The number of ether oxygens (including phenoxy) is 3. The summed E-state index contributed by atoms with van der Waals surface area (Å²) in [5, 5.41) is 14.6. The zero-order chi connectivity index (χ0) is 29.5. The van der Waals surface area contributed by atoms with E-state index in [1.54, 1.807) is 55.6 Å². The highest BCUT2D eigenvalue weighted by atomic mass is 16.5. The summed E-state index contributed by atoms with van der Waals surface area (Å²) in [6, 6.07) is 28.6. The maximum Gasteiger partial charge on any atom is 0.407 e. The Bertz CT molecular complexity index is 1560. The van der Waals surface area contributed by atoms with Crippen LogP contribution in [-0.4, -0.2) is 42.8 Å². The van der Waals surface area contributed by atoms with Gasteiger partial charge in [0.15, 0.2) is 5.75 Å². The molecule has 1 aliphatic carbocycles. The lowest BCUT2D eigenvalue weighted by molar-refractivity contribution is -0.137. The number of fused-ring (bicyclic) bond motifs is 3. The molecule has 0 spiro atoms. The monoisotopic (exact) mass is 566 g/mol. The van der Waals surface area contributed by atoms with Crippen molar-refractivity contribution < 1.29 is 33.7 Å². The van der Waals surface area contributed by atoms with Gasteiger partial charge in [0.25, 0.3) is 0 Å². The minimum absolute atomic E-state index is 0.0599. The van der Waals surface area contributed by atoms with Crippen LogP contribution in [0.3, 0.4) is 0 Å². The number of rotatable bonds is 11. The molecule has 0 heterocycles. The number of nitrogens with one attached hydrogen (secondary N) is 2. The fraction of sp³-hybridized carbons (Fsp3) is 0.182. The van der Waals surface area contributed by atoms with Crippen LogP contribution in [-0.2, 0) is 14.3 Å². The molecule has 0 unspecified atom stereocenters. The molecule has 5 rings (SSSR count). The average molecular weight is 567 g/mol. The van der Waals surface area contributed by atoms with Gasteiger partial charge in [0.05, 0.1) is 12.8 Å². The maximum atomic E-state index is 13.3. The zero-order valence-corrected chi connectivity index (χ0v) is 22.9. The zero-order valence-electron chi connectivity index (χ0n) is 22.9. The molecule has 0 radical (unpaired) electrons. The van der Waals surface area contributed by atoms with E-state index >= 15 is 0 Å². The van der Waals surface area contributed by atoms with E-state index in [1.807, 2.05) is 48.5 Å². The van der Waals surface area contributed by atoms with E-state index in [0.717, 1.165) is 22.3 Å². The molecule has 0 aliphatic heterocycles. The van der Waals surface area contributed by atoms with E-state index in [-0.39, 0.29) is 25.4 Å². The molecule has 42 heavy (non-hydrogen) atoms. The lowest BCUT2D eigenvalue weighted by atomic mass is 9.98. The third kappa shape index (κ3) is 6.52. The summed E-state index contributed by atoms with van der Waals surface area (Å²) >= 11 is 0. The third-order valence-electron chi connectivity index (χ3n) is 7.01. The topological polar surface area (TPSA) is 123 Å². The number of benzene rings is 4. The van der Waals surface area contributed by atoms with Crippen molar-refractivity contribution in [1.29, 1.82) is 0 Å². The highest BCUT2D eigenvalue weighted by molar-refractivity contribution is 5.98. The van der Waals surface area contributed by atoms with Crippen LogP contribution in [0.2, 0.25) is 0 Å². The number of carboxylic acids is 1. The molecule has 4 aromatic rings. The van der Waals surface area contributed by atoms with E-state index in [9.17, 15) is 19.5 Å². The number of aliphatic carboxylic acids is 1. The lowest BCUT2D eigenvalue weighted by Crippen LogP contribution is -2.44. The fourth-order valence-electron chi connectivity index (χ4n) is 4.99. The molecule has 0 aromatic heterocycles. The van der Waals surface area contributed by atoms with Crippen LogP contribution < -0.4 is 20.1 Å². The highest BCUT2D eigenvalue weighted by Gasteiger charge is 2.30. The first kappa shape index (κ1) is 28.2. The van der Waals surface area contributed by atoms with Crippen molar-refractivity contribution in [3.05, 3.63) is 108 Å². The van der Waals surface area contributed by atoms with Gasteiger partial charge in [-0.3, -0.25) is 9.59 Å². The number of hydrogen-bond donors (Lipinski definition) is 3. The molecular weight excluding hydrogens is 536 g/mol. The van der Waals surface area contributed by atoms with E-state index < -0.39 is 24.0 Å². The summed E-state index contributed by atoms with van der Waals surface area (Å²) in [5.74, 6) is -0.395. The Morgan fingerprint density at radius 2 is 1.48 bits per heavy atom. The normalized spacial score (nSPS) is 12.4. The van der Waals surface area contributed by atoms with Gasteiger partial charge in [-0.05, 0) is 52.9 Å². The van der Waals surface area contributed by atoms with Gasteiger partial charge in [-0.2, -0.15) is 0 Å². The molecule has 0 saturated heterocycles. The predicted octanol–water partition coefficient (Wildman–Crippen LogP) is 6.20. The second-order valence-corrected chi connectivity index (χ2v) is 9.72. The number of methoxy groups -OCH3 is 1. The summed E-state index contributed by atoms with van der Waals surface area (Å²) in [4.78, 5) is 37.5. The Morgan fingerprint density at radius 1 is 0.833 bits per heavy atom. The van der Waals surface area contributed by atoms with Crippen molar-refractivity contribution in [2.75, 3.05) is 19.0 Å². The molecule has 1 aliphatic rings. The highest BCUT2D eigenvalue weighted by Crippen LogP contribution is 2.44. The number of para-hydroxylation sites is 2. The molecular formula is C33H30N2O7. The summed E-state index contributed by atoms with van der Waals surface area (Å²) in [5.41, 5.74) is 4.64. The van der Waals surface area contributed by atoms with Crippen LogP contribution >= 0.6 is 0 Å². The Balaban J connectivity index is 1.27. The average Bonchev–Trinajstić information content (AvgIpc) is 3.32. The van der Waals surface area contributed by atoms with Crippen LogP contribution in [0.25, 0.3) is 11.1 Å². The molecule has 214 valence electrons. The van der Waals surface area contributed by atoms with Crippen molar-refractivity contribution >= 4 is 23.7 Å². The van der Waals surface area contributed by atoms with Crippen LogP contribution in [0.5, 0.6) is 17.2 Å². The molecule has 3 N–H and O–H groups in total. The van der Waals surface area contributed by atoms with Crippen molar-refractivity contribution in [2.45, 2.75) is 24.8 Å². The number of carboxylic acid groups (broad SMARTS) is 1. The number of hydrogen-bond acceptors (Lipinski definition) is 6. The van der Waals surface area contributed by atoms with E-state index in [4.69, 9.17) is 14.2 Å². The molecule has 4 aromatic carbocycles. The van der Waals surface area contributed by atoms with Crippen LogP contribution in [0.4, 0.5) is 10.5 Å². The van der Waals surface area contributed by atoms with Gasteiger partial charge in [-0.1, -0.05) is 66.7 Å². The number of anilines is 1. The Hall–Kier alpha value is -5.31. The first-order valence-electron chi connectivity index (χ1n) is 13.5. The third-order valence-corrected chi connectivity index (χ3v) is 7.01. The SMILES string of the molecule is COc1cccc(Oc2ccccc2NC(=O)[C@H](CCC(=O)O)NC(=O)OCC2c3ccccc3-c3ccccc32)c1. The Morgan fingerprint density at radius 3 is 2.17 bits per heavy atom. The quantitative estimate of drug-likeness (QED) is 0.198. The van der Waals surface area contributed by atoms with E-state index in [0.29, 0.717) is 22.9 Å². The number of carbonyl (C=O) groups is 3. The Kier molecular flexibility index (Phi) is 8.67. The molecule has 0 saturated carbocycles. The number of amides is 2. The maximum absolute atomic E-state index is 13.3. The van der Waals surface area contributed by atoms with Gasteiger partial charge in [0.1, 0.15) is 24.1 Å². The van der Waals surface area contributed by atoms with Gasteiger partial charge in [0, 0.05) is 18.4 Å². The van der Waals surface area contributed by atoms with Gasteiger partial charge in [-0.25, -0.2) is 4.79 Å². The van der Waals surface area contributed by atoms with Gasteiger partial charge >= 0.3 is 12.1 Å². The summed E-state index contributed by atoms with van der Waals surface area (Å²) in [6.07, 6.45) is -1.28. The van der Waals surface area contributed by atoms with E-state index in [2.05, 4.69) is 10.6 Å². The largest absolute Gasteiger partial charge is 0.497 e. The number of alkyl carbamates (subject to hydrolysis) is 1. The predicted molar refractivity (Wildman–Crippen MR) is 157 cm³/mol. The van der Waals surface area contributed by atoms with Crippen LogP contribution in [0.15, 0.2) is 97.1 Å². The van der Waals surface area contributed by atoms with Crippen molar-refractivity contribution in [2.24, 2.45) is 0 Å². The molecule has 9 heteroatoms. The standard InChI is InChI=1S/C33H30N2O7/c1-40-21-9-8-10-22(19-21)42-30-16-7-6-15-28(30)34-32(38)29(17-18-31(36)37)35-33(39)41-20-27-25-13-4-2-11-23(25)24-12-3-5-14-26(24)27/h2-16,19,27,29H,17-18,20H2,1H3,(H,34,38)(H,35,39)(H,36,37)/t29-/m0/s1. The number of carbonyl (C=O) groups excluding carboxylic acids is 2. The lowest BCUT2D eigenvalue weighted by Gasteiger charge is -2.20. The second kappa shape index (κ2) is 12.9. The minimum atomic E-state index is -1.17. The summed E-state index contributed by atoms with van der Waals surface area (Å²) in [7, 11) is 1.55. The van der Waals surface area contributed by atoms with E-state index in [1.165, 1.54) is 0 Å². The van der Waals surface area contributed by atoms with Crippen LogP contribution in [0, 0.1) is 0 Å². The molecule has 0 fully saturated rings. The van der Waals surface area contributed by atoms with Crippen molar-refractivity contribution in [3.63, 3.8) is 0 Å². The molecule has 9 nitrogen and oxygen atoms in total. The summed E-state index contributed by atoms with van der Waals surface area (Å²) < 4.78 is 16.8. The summed E-state index contributed by atoms with van der Waals surface area (Å²) in [6.45, 7) is 0.0599. The Labute approximate surface area is 243 Å². The van der Waals surface area contributed by atoms with Gasteiger partial charge in [-0.15, -0.1) is 0 Å². The smallest absolute Gasteiger partial charge is 0.407 e. The molecule has 2 amide bonds. The molecule has 1 atom stereocenters.